The number of aryl methyl sites for hydroxylation is 1. The summed E-state index contributed by atoms with van der Waals surface area (Å²) in [5.74, 6) is -0.107. The van der Waals surface area contributed by atoms with Crippen LogP contribution in [-0.2, 0) is 7.05 Å². The zero-order valence-electron chi connectivity index (χ0n) is 14.0. The Balaban J connectivity index is 1.72. The number of pyridine rings is 1. The number of hydrogen-bond acceptors (Lipinski definition) is 3. The van der Waals surface area contributed by atoms with Gasteiger partial charge in [0.25, 0.3) is 5.91 Å². The Morgan fingerprint density at radius 1 is 1.12 bits per heavy atom. The Hall–Kier alpha value is -2.95. The third kappa shape index (κ3) is 3.20. The summed E-state index contributed by atoms with van der Waals surface area (Å²) in [5, 5.41) is 7.13. The molecule has 1 unspecified atom stereocenters. The van der Waals surface area contributed by atoms with Crippen LogP contribution in [0.5, 0.6) is 0 Å². The van der Waals surface area contributed by atoms with Crippen molar-refractivity contribution >= 4 is 5.91 Å². The van der Waals surface area contributed by atoms with Crippen LogP contribution in [0.4, 0.5) is 0 Å². The van der Waals surface area contributed by atoms with Crippen molar-refractivity contribution in [1.82, 2.24) is 20.1 Å². The Morgan fingerprint density at radius 2 is 1.88 bits per heavy atom. The SMILES string of the molecule is Cc1c(C(=O)NC(C)c2ccc(-c3cccnc3)cc2)cnn1C. The summed E-state index contributed by atoms with van der Waals surface area (Å²) in [5.41, 5.74) is 4.70. The van der Waals surface area contributed by atoms with Crippen molar-refractivity contribution in [2.75, 3.05) is 0 Å². The highest BCUT2D eigenvalue weighted by atomic mass is 16.1. The maximum absolute atomic E-state index is 12.4. The molecule has 0 spiro atoms. The van der Waals surface area contributed by atoms with Gasteiger partial charge in [-0.3, -0.25) is 14.5 Å². The normalized spacial score (nSPS) is 12.0. The van der Waals surface area contributed by atoms with E-state index in [-0.39, 0.29) is 11.9 Å². The second-order valence-electron chi connectivity index (χ2n) is 5.83. The molecule has 24 heavy (non-hydrogen) atoms. The first-order valence-electron chi connectivity index (χ1n) is 7.86. The van der Waals surface area contributed by atoms with Crippen LogP contribution in [0.1, 0.15) is 34.6 Å². The third-order valence-electron chi connectivity index (χ3n) is 4.23. The van der Waals surface area contributed by atoms with Gasteiger partial charge in [0.1, 0.15) is 0 Å². The van der Waals surface area contributed by atoms with Crippen molar-refractivity contribution in [3.8, 4) is 11.1 Å². The second kappa shape index (κ2) is 6.66. The maximum atomic E-state index is 12.4. The Labute approximate surface area is 141 Å². The van der Waals surface area contributed by atoms with Crippen molar-refractivity contribution in [3.05, 3.63) is 71.8 Å². The van der Waals surface area contributed by atoms with E-state index in [1.165, 1.54) is 0 Å². The summed E-state index contributed by atoms with van der Waals surface area (Å²) in [7, 11) is 1.83. The van der Waals surface area contributed by atoms with Crippen LogP contribution in [0.15, 0.2) is 55.0 Å². The highest BCUT2D eigenvalue weighted by Gasteiger charge is 2.16. The predicted molar refractivity (Wildman–Crippen MR) is 93.5 cm³/mol. The van der Waals surface area contributed by atoms with Gasteiger partial charge >= 0.3 is 0 Å². The number of nitrogens with one attached hydrogen (secondary N) is 1. The summed E-state index contributed by atoms with van der Waals surface area (Å²) in [6.07, 6.45) is 5.20. The molecule has 3 rings (SSSR count). The van der Waals surface area contributed by atoms with Gasteiger partial charge in [-0.15, -0.1) is 0 Å². The van der Waals surface area contributed by atoms with E-state index >= 15 is 0 Å². The molecule has 1 aromatic carbocycles. The van der Waals surface area contributed by atoms with Gasteiger partial charge in [0.2, 0.25) is 0 Å². The first-order valence-corrected chi connectivity index (χ1v) is 7.86. The number of carbonyl (C=O) groups is 1. The average Bonchev–Trinajstić information content (AvgIpc) is 2.95. The lowest BCUT2D eigenvalue weighted by molar-refractivity contribution is 0.0939. The quantitative estimate of drug-likeness (QED) is 0.802. The summed E-state index contributed by atoms with van der Waals surface area (Å²) < 4.78 is 1.70. The molecule has 0 fully saturated rings. The molecule has 1 atom stereocenters. The molecule has 0 aliphatic heterocycles. The van der Waals surface area contributed by atoms with E-state index in [0.29, 0.717) is 5.56 Å². The molecular formula is C19H20N4O. The van der Waals surface area contributed by atoms with Gasteiger partial charge in [0, 0.05) is 25.1 Å². The van der Waals surface area contributed by atoms with Gasteiger partial charge in [-0.1, -0.05) is 30.3 Å². The fourth-order valence-electron chi connectivity index (χ4n) is 2.58. The Bertz CT molecular complexity index is 838. The molecule has 0 aliphatic rings. The van der Waals surface area contributed by atoms with Crippen LogP contribution in [0.3, 0.4) is 0 Å². The fraction of sp³-hybridized carbons (Fsp3) is 0.211. The average molecular weight is 320 g/mol. The minimum Gasteiger partial charge on any atom is -0.345 e. The molecule has 0 aliphatic carbocycles. The number of rotatable bonds is 4. The van der Waals surface area contributed by atoms with Crippen LogP contribution < -0.4 is 5.32 Å². The highest BCUT2D eigenvalue weighted by Crippen LogP contribution is 2.21. The molecule has 3 aromatic rings. The molecule has 5 nitrogen and oxygen atoms in total. The first-order chi connectivity index (χ1) is 11.6. The molecule has 1 amide bonds. The molecule has 0 saturated carbocycles. The lowest BCUT2D eigenvalue weighted by Gasteiger charge is -2.15. The van der Waals surface area contributed by atoms with Gasteiger partial charge < -0.3 is 5.32 Å². The molecule has 0 radical (unpaired) electrons. The van der Waals surface area contributed by atoms with Crippen LogP contribution in [0.2, 0.25) is 0 Å². The van der Waals surface area contributed by atoms with Crippen molar-refractivity contribution in [2.45, 2.75) is 19.9 Å². The molecule has 2 aromatic heterocycles. The van der Waals surface area contributed by atoms with E-state index in [9.17, 15) is 4.79 Å². The highest BCUT2D eigenvalue weighted by molar-refractivity contribution is 5.95. The molecular weight excluding hydrogens is 300 g/mol. The third-order valence-corrected chi connectivity index (χ3v) is 4.23. The zero-order chi connectivity index (χ0) is 17.1. The largest absolute Gasteiger partial charge is 0.345 e. The van der Waals surface area contributed by atoms with Gasteiger partial charge in [0.05, 0.1) is 17.8 Å². The van der Waals surface area contributed by atoms with Gasteiger partial charge in [-0.25, -0.2) is 0 Å². The van der Waals surface area contributed by atoms with E-state index in [1.807, 2.05) is 63.5 Å². The summed E-state index contributed by atoms with van der Waals surface area (Å²) in [6, 6.07) is 12.0. The van der Waals surface area contributed by atoms with E-state index in [2.05, 4.69) is 15.4 Å². The van der Waals surface area contributed by atoms with Crippen molar-refractivity contribution < 1.29 is 4.79 Å². The number of aromatic nitrogens is 3. The number of amides is 1. The minimum atomic E-state index is -0.107. The molecule has 0 saturated heterocycles. The summed E-state index contributed by atoms with van der Waals surface area (Å²) >= 11 is 0. The van der Waals surface area contributed by atoms with Gasteiger partial charge in [-0.2, -0.15) is 5.10 Å². The number of hydrogen-bond donors (Lipinski definition) is 1. The van der Waals surface area contributed by atoms with E-state index < -0.39 is 0 Å². The number of benzene rings is 1. The minimum absolute atomic E-state index is 0.0833. The number of nitrogens with zero attached hydrogens (tertiary/aromatic N) is 3. The van der Waals surface area contributed by atoms with Gasteiger partial charge in [0.15, 0.2) is 0 Å². The molecule has 0 bridgehead atoms. The Morgan fingerprint density at radius 3 is 2.46 bits per heavy atom. The van der Waals surface area contributed by atoms with E-state index in [4.69, 9.17) is 0 Å². The summed E-state index contributed by atoms with van der Waals surface area (Å²) in [4.78, 5) is 16.5. The van der Waals surface area contributed by atoms with Crippen molar-refractivity contribution in [2.24, 2.45) is 7.05 Å². The number of carbonyl (C=O) groups excluding carboxylic acids is 1. The van der Waals surface area contributed by atoms with Crippen LogP contribution in [-0.4, -0.2) is 20.7 Å². The molecule has 122 valence electrons. The zero-order valence-corrected chi connectivity index (χ0v) is 14.0. The fourth-order valence-corrected chi connectivity index (χ4v) is 2.58. The second-order valence-corrected chi connectivity index (χ2v) is 5.83. The lowest BCUT2D eigenvalue weighted by atomic mass is 10.0. The van der Waals surface area contributed by atoms with Crippen LogP contribution in [0.25, 0.3) is 11.1 Å². The lowest BCUT2D eigenvalue weighted by Crippen LogP contribution is -2.27. The van der Waals surface area contributed by atoms with Crippen molar-refractivity contribution in [1.29, 1.82) is 0 Å². The standard InChI is InChI=1S/C19H20N4O/c1-13(22-19(24)18-12-21-23(3)14(18)2)15-6-8-16(9-7-15)17-5-4-10-20-11-17/h4-13H,1-3H3,(H,22,24). The van der Waals surface area contributed by atoms with E-state index in [1.54, 1.807) is 17.1 Å². The molecule has 5 heteroatoms. The van der Waals surface area contributed by atoms with Crippen LogP contribution >= 0.6 is 0 Å². The van der Waals surface area contributed by atoms with Crippen molar-refractivity contribution in [3.63, 3.8) is 0 Å². The Kier molecular flexibility index (Phi) is 4.42. The van der Waals surface area contributed by atoms with Crippen LogP contribution in [0, 0.1) is 6.92 Å². The first kappa shape index (κ1) is 15.9. The topological polar surface area (TPSA) is 59.8 Å². The molecule has 2 heterocycles. The summed E-state index contributed by atoms with van der Waals surface area (Å²) in [6.45, 7) is 3.86. The van der Waals surface area contributed by atoms with Gasteiger partial charge in [-0.05, 0) is 36.6 Å². The smallest absolute Gasteiger partial charge is 0.255 e. The predicted octanol–water partition coefficient (Wildman–Crippen LogP) is 3.28. The molecule has 1 N–H and O–H groups in total. The monoisotopic (exact) mass is 320 g/mol. The van der Waals surface area contributed by atoms with E-state index in [0.717, 1.165) is 22.4 Å². The maximum Gasteiger partial charge on any atom is 0.255 e.